The van der Waals surface area contributed by atoms with Crippen LogP contribution in [0.5, 0.6) is 0 Å². The monoisotopic (exact) mass is 294 g/mol. The van der Waals surface area contributed by atoms with Gasteiger partial charge in [-0.25, -0.2) is 0 Å². The number of imide groups is 1. The quantitative estimate of drug-likeness (QED) is 0.734. The molecule has 4 bridgehead atoms. The first-order valence-corrected chi connectivity index (χ1v) is 7.53. The van der Waals surface area contributed by atoms with Crippen LogP contribution in [0.15, 0.2) is 0 Å². The Balaban J connectivity index is 1.42. The van der Waals surface area contributed by atoms with Crippen molar-refractivity contribution in [3.63, 3.8) is 0 Å². The molecule has 4 atom stereocenters. The highest BCUT2D eigenvalue weighted by Crippen LogP contribution is 2.47. The fraction of sp³-hybridized carbons (Fsp3) is 0.786. The average Bonchev–Trinajstić information content (AvgIpc) is 2.68. The van der Waals surface area contributed by atoms with E-state index < -0.39 is 11.8 Å². The van der Waals surface area contributed by atoms with Crippen molar-refractivity contribution in [3.05, 3.63) is 0 Å². The summed E-state index contributed by atoms with van der Waals surface area (Å²) >= 11 is 0. The Hall–Kier alpha value is -1.47. The highest BCUT2D eigenvalue weighted by Gasteiger charge is 2.54. The summed E-state index contributed by atoms with van der Waals surface area (Å²) in [7, 11) is 0. The van der Waals surface area contributed by atoms with Crippen LogP contribution in [0.2, 0.25) is 0 Å². The SMILES string of the molecule is O=C(CN1C(=O)CCC1=O)NC12CC3C[C@H](C[C@H](C3)O1)O2. The fourth-order valence-corrected chi connectivity index (χ4v) is 4.03. The molecular formula is C14H18N2O5. The van der Waals surface area contributed by atoms with Gasteiger partial charge in [-0.3, -0.25) is 19.3 Å². The minimum absolute atomic E-state index is 0.145. The molecule has 4 saturated heterocycles. The first-order valence-electron chi connectivity index (χ1n) is 7.53. The van der Waals surface area contributed by atoms with E-state index in [0.717, 1.165) is 24.2 Å². The molecule has 1 saturated carbocycles. The summed E-state index contributed by atoms with van der Waals surface area (Å²) in [6.45, 7) is -0.244. The molecule has 0 radical (unpaired) electrons. The molecule has 21 heavy (non-hydrogen) atoms. The minimum Gasteiger partial charge on any atom is -0.329 e. The van der Waals surface area contributed by atoms with Crippen molar-refractivity contribution >= 4 is 17.7 Å². The van der Waals surface area contributed by atoms with Gasteiger partial charge in [-0.2, -0.15) is 0 Å². The molecule has 1 N–H and O–H groups in total. The molecule has 0 aromatic rings. The molecule has 5 fully saturated rings. The summed E-state index contributed by atoms with van der Waals surface area (Å²) < 4.78 is 11.7. The molecule has 3 amide bonds. The summed E-state index contributed by atoms with van der Waals surface area (Å²) in [5, 5.41) is 2.76. The van der Waals surface area contributed by atoms with Crippen molar-refractivity contribution < 1.29 is 23.9 Å². The van der Waals surface area contributed by atoms with Crippen molar-refractivity contribution in [3.8, 4) is 0 Å². The molecule has 0 aromatic carbocycles. The lowest BCUT2D eigenvalue weighted by Gasteiger charge is -2.55. The van der Waals surface area contributed by atoms with Crippen LogP contribution in [0.25, 0.3) is 0 Å². The van der Waals surface area contributed by atoms with Crippen LogP contribution < -0.4 is 5.32 Å². The fourth-order valence-electron chi connectivity index (χ4n) is 4.03. The summed E-state index contributed by atoms with van der Waals surface area (Å²) in [6.07, 6.45) is 4.26. The van der Waals surface area contributed by atoms with Crippen molar-refractivity contribution in [2.45, 2.75) is 56.6 Å². The molecule has 7 nitrogen and oxygen atoms in total. The molecular weight excluding hydrogens is 276 g/mol. The van der Waals surface area contributed by atoms with E-state index in [1.54, 1.807) is 0 Å². The number of carbonyl (C=O) groups is 3. The first-order chi connectivity index (χ1) is 10.0. The lowest BCUT2D eigenvalue weighted by atomic mass is 9.77. The smallest absolute Gasteiger partial charge is 0.252 e. The van der Waals surface area contributed by atoms with Gasteiger partial charge in [-0.15, -0.1) is 0 Å². The number of likely N-dealkylation sites (tertiary alicyclic amines) is 1. The van der Waals surface area contributed by atoms with Crippen molar-refractivity contribution in [2.24, 2.45) is 5.92 Å². The van der Waals surface area contributed by atoms with Gasteiger partial charge in [0.2, 0.25) is 17.7 Å². The van der Waals surface area contributed by atoms with Gasteiger partial charge in [0.15, 0.2) is 0 Å². The molecule has 114 valence electrons. The third-order valence-corrected chi connectivity index (χ3v) is 4.78. The molecule has 7 heteroatoms. The van der Waals surface area contributed by atoms with Crippen molar-refractivity contribution in [2.75, 3.05) is 6.54 Å². The number of amides is 3. The Morgan fingerprint density at radius 2 is 1.76 bits per heavy atom. The van der Waals surface area contributed by atoms with E-state index in [1.807, 2.05) is 0 Å². The van der Waals surface area contributed by atoms with E-state index in [9.17, 15) is 14.4 Å². The summed E-state index contributed by atoms with van der Waals surface area (Å²) in [6, 6.07) is 0. The normalized spacial score (nSPS) is 41.0. The number of nitrogens with zero attached hydrogens (tertiary/aromatic N) is 1. The number of nitrogens with one attached hydrogen (secondary N) is 1. The van der Waals surface area contributed by atoms with Gasteiger partial charge in [0.1, 0.15) is 6.54 Å². The second-order valence-corrected chi connectivity index (χ2v) is 6.43. The Labute approximate surface area is 121 Å². The van der Waals surface area contributed by atoms with Gasteiger partial charge in [-0.05, 0) is 18.8 Å². The zero-order chi connectivity index (χ0) is 14.6. The Morgan fingerprint density at radius 3 is 2.33 bits per heavy atom. The van der Waals surface area contributed by atoms with Crippen LogP contribution >= 0.6 is 0 Å². The van der Waals surface area contributed by atoms with Gasteiger partial charge >= 0.3 is 0 Å². The van der Waals surface area contributed by atoms with E-state index in [1.165, 1.54) is 0 Å². The summed E-state index contributed by atoms with van der Waals surface area (Å²) in [4.78, 5) is 36.3. The molecule has 4 heterocycles. The third-order valence-electron chi connectivity index (χ3n) is 4.78. The zero-order valence-electron chi connectivity index (χ0n) is 11.7. The zero-order valence-corrected chi connectivity index (χ0v) is 11.7. The highest BCUT2D eigenvalue weighted by molar-refractivity contribution is 6.04. The van der Waals surface area contributed by atoms with Crippen molar-refractivity contribution in [1.82, 2.24) is 10.2 Å². The van der Waals surface area contributed by atoms with Crippen LogP contribution in [0.1, 0.15) is 38.5 Å². The van der Waals surface area contributed by atoms with E-state index in [4.69, 9.17) is 9.47 Å². The Kier molecular flexibility index (Phi) is 2.84. The molecule has 0 spiro atoms. The number of hydrogen-bond donors (Lipinski definition) is 1. The average molecular weight is 294 g/mol. The Morgan fingerprint density at radius 1 is 1.14 bits per heavy atom. The predicted octanol–water partition coefficient (Wildman–Crippen LogP) is -0.107. The topological polar surface area (TPSA) is 84.9 Å². The molecule has 1 aliphatic carbocycles. The van der Waals surface area contributed by atoms with Crippen molar-refractivity contribution in [1.29, 1.82) is 0 Å². The van der Waals surface area contributed by atoms with Gasteiger partial charge in [0.25, 0.3) is 5.91 Å². The maximum atomic E-state index is 12.2. The van der Waals surface area contributed by atoms with Gasteiger partial charge < -0.3 is 14.8 Å². The maximum absolute atomic E-state index is 12.2. The van der Waals surface area contributed by atoms with Crippen LogP contribution in [0.4, 0.5) is 0 Å². The van der Waals surface area contributed by atoms with Crippen LogP contribution in [0, 0.1) is 5.92 Å². The number of hydrogen-bond acceptors (Lipinski definition) is 5. The second kappa shape index (κ2) is 4.51. The third kappa shape index (κ3) is 2.24. The van der Waals surface area contributed by atoms with Gasteiger partial charge in [0.05, 0.1) is 12.2 Å². The van der Waals surface area contributed by atoms with E-state index >= 15 is 0 Å². The summed E-state index contributed by atoms with van der Waals surface area (Å²) in [5.74, 6) is -1.50. The molecule has 4 aliphatic heterocycles. The second-order valence-electron chi connectivity index (χ2n) is 6.43. The van der Waals surface area contributed by atoms with Crippen LogP contribution in [-0.4, -0.2) is 47.3 Å². The van der Waals surface area contributed by atoms with Crippen LogP contribution in [-0.2, 0) is 23.9 Å². The Bertz CT molecular complexity index is 466. The summed E-state index contributed by atoms with van der Waals surface area (Å²) in [5.41, 5.74) is 0. The maximum Gasteiger partial charge on any atom is 0.252 e. The van der Waals surface area contributed by atoms with E-state index in [0.29, 0.717) is 12.3 Å². The van der Waals surface area contributed by atoms with Gasteiger partial charge in [-0.1, -0.05) is 0 Å². The standard InChI is InChI=1S/C14H18N2O5/c17-11(7-16-12(18)1-2-13(16)19)15-14-6-8-3-9(20-14)5-10(4-8)21-14/h8-10H,1-7H2,(H,15,17)/t8?,9-,10+,14?. The molecule has 5 rings (SSSR count). The first kappa shape index (κ1) is 13.2. The number of ether oxygens (including phenoxy) is 2. The minimum atomic E-state index is -1.04. The lowest BCUT2D eigenvalue weighted by Crippen LogP contribution is -2.66. The lowest BCUT2D eigenvalue weighted by molar-refractivity contribution is -0.379. The molecule has 2 unspecified atom stereocenters. The van der Waals surface area contributed by atoms with E-state index in [-0.39, 0.29) is 43.4 Å². The molecule has 5 aliphatic rings. The number of rotatable bonds is 3. The predicted molar refractivity (Wildman–Crippen MR) is 68.5 cm³/mol. The molecule has 0 aromatic heterocycles. The van der Waals surface area contributed by atoms with Crippen LogP contribution in [0.3, 0.4) is 0 Å². The highest BCUT2D eigenvalue weighted by atomic mass is 16.7. The largest absolute Gasteiger partial charge is 0.329 e. The number of carbonyl (C=O) groups excluding carboxylic acids is 3. The van der Waals surface area contributed by atoms with Gasteiger partial charge in [0, 0.05) is 25.7 Å². The van der Waals surface area contributed by atoms with E-state index in [2.05, 4.69) is 5.32 Å².